The summed E-state index contributed by atoms with van der Waals surface area (Å²) in [5.74, 6) is -2.02. The average Bonchev–Trinajstić information content (AvgIpc) is 3.19. The van der Waals surface area contributed by atoms with Crippen LogP contribution in [-0.2, 0) is 14.8 Å². The van der Waals surface area contributed by atoms with Crippen molar-refractivity contribution in [2.24, 2.45) is 5.92 Å². The Morgan fingerprint density at radius 3 is 2.55 bits per heavy atom. The molecular weight excluding hydrogens is 446 g/mol. The molecule has 2 fully saturated rings. The first-order valence-electron chi connectivity index (χ1n) is 10.2. The topological polar surface area (TPSA) is 73.8 Å². The fourth-order valence-electron chi connectivity index (χ4n) is 4.12. The van der Waals surface area contributed by atoms with Crippen LogP contribution in [0.3, 0.4) is 0 Å². The van der Waals surface area contributed by atoms with Crippen LogP contribution in [0.15, 0.2) is 34.7 Å². The van der Waals surface area contributed by atoms with Crippen LogP contribution in [0, 0.1) is 17.6 Å². The predicted octanol–water partition coefficient (Wildman–Crippen LogP) is 2.56. The summed E-state index contributed by atoms with van der Waals surface area (Å²) in [5.41, 5.74) is 0. The molecule has 0 atom stereocenters. The first-order chi connectivity index (χ1) is 14.9. The van der Waals surface area contributed by atoms with Crippen molar-refractivity contribution in [2.75, 3.05) is 44.2 Å². The molecule has 4 rings (SSSR count). The lowest BCUT2D eigenvalue weighted by molar-refractivity contribution is -0.136. The maximum atomic E-state index is 14.0. The molecule has 0 N–H and O–H groups in total. The quantitative estimate of drug-likeness (QED) is 0.687. The third-order valence-corrected chi connectivity index (χ3v) is 8.56. The number of halogens is 2. The molecule has 0 bridgehead atoms. The number of amides is 1. The lowest BCUT2D eigenvalue weighted by atomic mass is 9.96. The zero-order chi connectivity index (χ0) is 22.0. The number of anilines is 1. The minimum atomic E-state index is -4.15. The lowest BCUT2D eigenvalue weighted by Crippen LogP contribution is -2.45. The first-order valence-corrected chi connectivity index (χ1v) is 12.6. The molecular formula is C20H24F2N4O3S2. The molecule has 2 aliphatic rings. The van der Waals surface area contributed by atoms with Crippen LogP contribution in [0.25, 0.3) is 0 Å². The molecule has 168 valence electrons. The second kappa shape index (κ2) is 9.17. The Morgan fingerprint density at radius 2 is 1.84 bits per heavy atom. The zero-order valence-electron chi connectivity index (χ0n) is 16.9. The van der Waals surface area contributed by atoms with E-state index in [1.54, 1.807) is 17.5 Å². The molecule has 1 amide bonds. The number of carbonyl (C=O) groups is 1. The van der Waals surface area contributed by atoms with E-state index in [1.807, 2.05) is 10.3 Å². The van der Waals surface area contributed by atoms with E-state index in [0.29, 0.717) is 38.5 Å². The summed E-state index contributed by atoms with van der Waals surface area (Å²) in [4.78, 5) is 20.8. The standard InChI is InChI=1S/C20H24F2N4O3S2/c21-16-2-3-17(22)18(14-16)31(28,29)26-9-4-15(5-10-26)19(27)24-7-1-8-25(12-11-24)20-23-6-13-30-20/h2-3,6,13-15H,1,4-5,7-12H2. The summed E-state index contributed by atoms with van der Waals surface area (Å²) in [6.07, 6.45) is 3.34. The van der Waals surface area contributed by atoms with Crippen molar-refractivity contribution in [3.05, 3.63) is 41.4 Å². The summed E-state index contributed by atoms with van der Waals surface area (Å²) in [7, 11) is -4.15. The zero-order valence-corrected chi connectivity index (χ0v) is 18.5. The number of benzene rings is 1. The van der Waals surface area contributed by atoms with Gasteiger partial charge in [0.1, 0.15) is 16.5 Å². The van der Waals surface area contributed by atoms with Crippen molar-refractivity contribution < 1.29 is 22.0 Å². The highest BCUT2D eigenvalue weighted by molar-refractivity contribution is 7.89. The highest BCUT2D eigenvalue weighted by atomic mass is 32.2. The van der Waals surface area contributed by atoms with Gasteiger partial charge in [-0.2, -0.15) is 4.31 Å². The highest BCUT2D eigenvalue weighted by Crippen LogP contribution is 2.27. The number of hydrogen-bond acceptors (Lipinski definition) is 6. The number of hydrogen-bond donors (Lipinski definition) is 0. The highest BCUT2D eigenvalue weighted by Gasteiger charge is 2.35. The van der Waals surface area contributed by atoms with E-state index in [0.717, 1.165) is 34.5 Å². The molecule has 2 saturated heterocycles. The predicted molar refractivity (Wildman–Crippen MR) is 113 cm³/mol. The Balaban J connectivity index is 1.36. The second-order valence-corrected chi connectivity index (χ2v) is 10.5. The molecule has 3 heterocycles. The van der Waals surface area contributed by atoms with Crippen molar-refractivity contribution in [1.82, 2.24) is 14.2 Å². The van der Waals surface area contributed by atoms with Crippen LogP contribution in [-0.4, -0.2) is 67.8 Å². The van der Waals surface area contributed by atoms with Crippen LogP contribution < -0.4 is 4.90 Å². The number of sulfonamides is 1. The SMILES string of the molecule is O=C(C1CCN(S(=O)(=O)c2cc(F)ccc2F)CC1)N1CCCN(c2nccs2)CC1. The summed E-state index contributed by atoms with van der Waals surface area (Å²) in [6.45, 7) is 3.03. The number of piperidine rings is 1. The van der Waals surface area contributed by atoms with Gasteiger partial charge in [0.05, 0.1) is 0 Å². The van der Waals surface area contributed by atoms with Gasteiger partial charge in [0.15, 0.2) is 5.13 Å². The number of aromatic nitrogens is 1. The van der Waals surface area contributed by atoms with Gasteiger partial charge >= 0.3 is 0 Å². The summed E-state index contributed by atoms with van der Waals surface area (Å²) in [6, 6.07) is 2.40. The lowest BCUT2D eigenvalue weighted by Gasteiger charge is -2.33. The minimum absolute atomic E-state index is 0.0370. The molecule has 2 aromatic rings. The number of rotatable bonds is 4. The van der Waals surface area contributed by atoms with Crippen LogP contribution >= 0.6 is 11.3 Å². The smallest absolute Gasteiger partial charge is 0.246 e. The Morgan fingerprint density at radius 1 is 1.06 bits per heavy atom. The van der Waals surface area contributed by atoms with E-state index in [4.69, 9.17) is 0 Å². The molecule has 1 aromatic carbocycles. The van der Waals surface area contributed by atoms with Gasteiger partial charge in [-0.3, -0.25) is 4.79 Å². The fourth-order valence-corrected chi connectivity index (χ4v) is 6.36. The molecule has 11 heteroatoms. The molecule has 2 aliphatic heterocycles. The van der Waals surface area contributed by atoms with Crippen molar-refractivity contribution in [3.8, 4) is 0 Å². The minimum Gasteiger partial charge on any atom is -0.346 e. The van der Waals surface area contributed by atoms with E-state index < -0.39 is 26.6 Å². The van der Waals surface area contributed by atoms with Crippen molar-refractivity contribution in [3.63, 3.8) is 0 Å². The van der Waals surface area contributed by atoms with Gasteiger partial charge in [-0.05, 0) is 37.5 Å². The summed E-state index contributed by atoms with van der Waals surface area (Å²) in [5, 5.41) is 2.89. The van der Waals surface area contributed by atoms with E-state index >= 15 is 0 Å². The van der Waals surface area contributed by atoms with Gasteiger partial charge in [-0.25, -0.2) is 22.2 Å². The van der Waals surface area contributed by atoms with E-state index in [2.05, 4.69) is 9.88 Å². The number of nitrogens with zero attached hydrogens (tertiary/aromatic N) is 4. The normalized spacial score (nSPS) is 19.4. The third kappa shape index (κ3) is 4.73. The van der Waals surface area contributed by atoms with Crippen LogP contribution in [0.2, 0.25) is 0 Å². The first kappa shape index (κ1) is 22.1. The summed E-state index contributed by atoms with van der Waals surface area (Å²) < 4.78 is 54.1. The molecule has 0 spiro atoms. The van der Waals surface area contributed by atoms with Crippen LogP contribution in [0.1, 0.15) is 19.3 Å². The molecule has 31 heavy (non-hydrogen) atoms. The van der Waals surface area contributed by atoms with Gasteiger partial charge in [0, 0.05) is 56.8 Å². The molecule has 0 saturated carbocycles. The van der Waals surface area contributed by atoms with Crippen molar-refractivity contribution in [1.29, 1.82) is 0 Å². The van der Waals surface area contributed by atoms with Gasteiger partial charge in [-0.15, -0.1) is 11.3 Å². The van der Waals surface area contributed by atoms with Gasteiger partial charge < -0.3 is 9.80 Å². The van der Waals surface area contributed by atoms with Crippen molar-refractivity contribution >= 4 is 32.4 Å². The maximum absolute atomic E-state index is 14.0. The Bertz CT molecular complexity index is 1030. The number of carbonyl (C=O) groups excluding carboxylic acids is 1. The average molecular weight is 471 g/mol. The fraction of sp³-hybridized carbons (Fsp3) is 0.500. The monoisotopic (exact) mass is 470 g/mol. The summed E-state index contributed by atoms with van der Waals surface area (Å²) >= 11 is 1.58. The van der Waals surface area contributed by atoms with E-state index in [9.17, 15) is 22.0 Å². The molecule has 0 unspecified atom stereocenters. The Kier molecular flexibility index (Phi) is 6.54. The number of thiazole rings is 1. The van der Waals surface area contributed by atoms with Crippen LogP contribution in [0.4, 0.5) is 13.9 Å². The van der Waals surface area contributed by atoms with Gasteiger partial charge in [-0.1, -0.05) is 0 Å². The Hall–Kier alpha value is -2.11. The maximum Gasteiger partial charge on any atom is 0.246 e. The third-order valence-electron chi connectivity index (χ3n) is 5.81. The van der Waals surface area contributed by atoms with E-state index in [1.165, 1.54) is 0 Å². The van der Waals surface area contributed by atoms with Crippen LogP contribution in [0.5, 0.6) is 0 Å². The Labute approximate surface area is 184 Å². The van der Waals surface area contributed by atoms with Gasteiger partial charge in [0.2, 0.25) is 15.9 Å². The largest absolute Gasteiger partial charge is 0.346 e. The molecule has 0 aliphatic carbocycles. The molecule has 0 radical (unpaired) electrons. The van der Waals surface area contributed by atoms with E-state index in [-0.39, 0.29) is 24.9 Å². The molecule has 7 nitrogen and oxygen atoms in total. The van der Waals surface area contributed by atoms with Gasteiger partial charge in [0.25, 0.3) is 0 Å². The molecule has 1 aromatic heterocycles. The van der Waals surface area contributed by atoms with Crippen molar-refractivity contribution in [2.45, 2.75) is 24.2 Å². The second-order valence-electron chi connectivity index (χ2n) is 7.73.